The van der Waals surface area contributed by atoms with Crippen LogP contribution in [-0.4, -0.2) is 46.9 Å². The van der Waals surface area contributed by atoms with Crippen molar-refractivity contribution in [2.45, 2.75) is 19.1 Å². The van der Waals surface area contributed by atoms with Crippen LogP contribution in [0.2, 0.25) is 0 Å². The summed E-state index contributed by atoms with van der Waals surface area (Å²) in [6.45, 7) is 1.21. The van der Waals surface area contributed by atoms with Crippen LogP contribution in [0.25, 0.3) is 33.0 Å². The Labute approximate surface area is 199 Å². The van der Waals surface area contributed by atoms with Crippen molar-refractivity contribution < 1.29 is 22.8 Å². The number of fused-ring (bicyclic) bond motifs is 2. The van der Waals surface area contributed by atoms with Gasteiger partial charge in [0.1, 0.15) is 0 Å². The minimum atomic E-state index is -4.50. The fourth-order valence-corrected chi connectivity index (χ4v) is 4.66. The Balaban J connectivity index is 1.73. The lowest BCUT2D eigenvalue weighted by Crippen LogP contribution is -2.22. The van der Waals surface area contributed by atoms with Gasteiger partial charge in [0.2, 0.25) is 0 Å². The fraction of sp³-hybridized carbons (Fsp3) is 0.231. The minimum Gasteiger partial charge on any atom is -0.361 e. The second kappa shape index (κ2) is 8.42. The van der Waals surface area contributed by atoms with E-state index < -0.39 is 23.6 Å². The smallest absolute Gasteiger partial charge is 0.361 e. The van der Waals surface area contributed by atoms with Crippen LogP contribution in [0.5, 0.6) is 0 Å². The van der Waals surface area contributed by atoms with Crippen molar-refractivity contribution in [1.29, 1.82) is 0 Å². The van der Waals surface area contributed by atoms with Gasteiger partial charge in [-0.1, -0.05) is 24.3 Å². The first-order valence-corrected chi connectivity index (χ1v) is 11.2. The van der Waals surface area contributed by atoms with Crippen LogP contribution in [0.15, 0.2) is 54.9 Å². The molecule has 35 heavy (non-hydrogen) atoms. The van der Waals surface area contributed by atoms with Crippen LogP contribution < -0.4 is 5.32 Å². The molecule has 1 aliphatic heterocycles. The molecule has 0 bridgehead atoms. The van der Waals surface area contributed by atoms with Crippen LogP contribution in [-0.2, 0) is 22.3 Å². The average molecular weight is 480 g/mol. The van der Waals surface area contributed by atoms with E-state index in [1.807, 2.05) is 43.3 Å². The van der Waals surface area contributed by atoms with Gasteiger partial charge in [-0.05, 0) is 45.3 Å². The normalized spacial score (nSPS) is 14.7. The maximum absolute atomic E-state index is 13.5. The molecule has 2 amide bonds. The number of alkyl halides is 3. The van der Waals surface area contributed by atoms with E-state index in [1.54, 1.807) is 17.0 Å². The Morgan fingerprint density at radius 1 is 0.943 bits per heavy atom. The van der Waals surface area contributed by atoms with Crippen LogP contribution in [0.3, 0.4) is 0 Å². The van der Waals surface area contributed by atoms with Gasteiger partial charge in [-0.15, -0.1) is 0 Å². The van der Waals surface area contributed by atoms with E-state index in [0.717, 1.165) is 29.6 Å². The van der Waals surface area contributed by atoms with Gasteiger partial charge < -0.3 is 14.5 Å². The van der Waals surface area contributed by atoms with E-state index in [-0.39, 0.29) is 11.1 Å². The monoisotopic (exact) mass is 480 g/mol. The van der Waals surface area contributed by atoms with Gasteiger partial charge in [0.05, 0.1) is 16.7 Å². The number of aromatic amines is 1. The summed E-state index contributed by atoms with van der Waals surface area (Å²) in [5.74, 6) is -1.10. The maximum Gasteiger partial charge on any atom is 0.416 e. The van der Waals surface area contributed by atoms with Gasteiger partial charge in [0.15, 0.2) is 0 Å². The molecule has 6 nitrogen and oxygen atoms in total. The highest BCUT2D eigenvalue weighted by atomic mass is 19.4. The van der Waals surface area contributed by atoms with Crippen molar-refractivity contribution in [3.05, 3.63) is 71.5 Å². The number of imide groups is 1. The molecule has 9 heteroatoms. The van der Waals surface area contributed by atoms with Crippen molar-refractivity contribution in [3.63, 3.8) is 0 Å². The number of H-pyrrole nitrogens is 1. The zero-order valence-corrected chi connectivity index (χ0v) is 19.2. The van der Waals surface area contributed by atoms with Crippen LogP contribution in [0.4, 0.5) is 13.2 Å². The molecule has 0 spiro atoms. The highest BCUT2D eigenvalue weighted by Crippen LogP contribution is 2.40. The molecule has 2 aromatic carbocycles. The van der Waals surface area contributed by atoms with Crippen LogP contribution in [0, 0.1) is 0 Å². The Bertz CT molecular complexity index is 1510. The lowest BCUT2D eigenvalue weighted by Gasteiger charge is -2.11. The number of amides is 2. The minimum absolute atomic E-state index is 0.163. The number of carbonyl (C=O) groups is 2. The molecule has 0 unspecified atom stereocenters. The van der Waals surface area contributed by atoms with Gasteiger partial charge >= 0.3 is 6.18 Å². The summed E-state index contributed by atoms with van der Waals surface area (Å²) in [5.41, 5.74) is 1.78. The number of rotatable bonds is 6. The van der Waals surface area contributed by atoms with E-state index in [9.17, 15) is 22.8 Å². The lowest BCUT2D eigenvalue weighted by atomic mass is 9.95. The van der Waals surface area contributed by atoms with E-state index in [4.69, 9.17) is 0 Å². The maximum atomic E-state index is 13.5. The third-order valence-electron chi connectivity index (χ3n) is 6.27. The van der Waals surface area contributed by atoms with E-state index in [1.165, 1.54) is 6.07 Å². The average Bonchev–Trinajstić information content (AvgIpc) is 3.45. The zero-order valence-electron chi connectivity index (χ0n) is 19.2. The Morgan fingerprint density at radius 3 is 2.37 bits per heavy atom. The molecule has 0 saturated heterocycles. The number of halogens is 3. The number of hydrogen-bond donors (Lipinski definition) is 2. The SMILES string of the molecule is CN(C)CCCn1cc(C2=C(c3c[nH]c4ccccc34)C(=O)NC2=O)c2ccc(C(F)(F)F)cc21. The molecular formula is C26H23F3N4O2. The molecule has 4 aromatic rings. The predicted octanol–water partition coefficient (Wildman–Crippen LogP) is 4.66. The van der Waals surface area contributed by atoms with Gasteiger partial charge in [-0.3, -0.25) is 14.9 Å². The van der Waals surface area contributed by atoms with Crippen molar-refractivity contribution in [1.82, 2.24) is 19.8 Å². The van der Waals surface area contributed by atoms with Crippen molar-refractivity contribution in [2.75, 3.05) is 20.6 Å². The number of carbonyl (C=O) groups excluding carboxylic acids is 2. The van der Waals surface area contributed by atoms with Crippen molar-refractivity contribution >= 4 is 44.8 Å². The molecule has 0 aliphatic carbocycles. The highest BCUT2D eigenvalue weighted by Gasteiger charge is 2.36. The van der Waals surface area contributed by atoms with Crippen molar-refractivity contribution in [2.24, 2.45) is 0 Å². The molecule has 0 fully saturated rings. The second-order valence-corrected chi connectivity index (χ2v) is 8.90. The first-order chi connectivity index (χ1) is 16.6. The number of nitrogens with zero attached hydrogens (tertiary/aromatic N) is 2. The number of aryl methyl sites for hydroxylation is 1. The zero-order chi connectivity index (χ0) is 24.9. The molecule has 0 radical (unpaired) electrons. The molecule has 5 rings (SSSR count). The highest BCUT2D eigenvalue weighted by molar-refractivity contribution is 6.50. The number of nitrogens with one attached hydrogen (secondary N) is 2. The quantitative estimate of drug-likeness (QED) is 0.395. The molecule has 2 N–H and O–H groups in total. The number of benzene rings is 2. The van der Waals surface area contributed by atoms with Gasteiger partial charge in [0.25, 0.3) is 11.8 Å². The standard InChI is InChI=1S/C26H23F3N4O2/c1-32(2)10-5-11-33-14-19(17-9-8-15(12-21(17)33)26(27,28)29)23-22(24(34)31-25(23)35)18-13-30-20-7-4-3-6-16(18)20/h3-4,6-9,12-14,30H,5,10-11H2,1-2H3,(H,31,34,35). The summed E-state index contributed by atoms with van der Waals surface area (Å²) in [6.07, 6.45) is -0.437. The first-order valence-electron chi connectivity index (χ1n) is 11.2. The van der Waals surface area contributed by atoms with E-state index >= 15 is 0 Å². The summed E-state index contributed by atoms with van der Waals surface area (Å²) in [7, 11) is 3.85. The van der Waals surface area contributed by atoms with Crippen LogP contribution >= 0.6 is 0 Å². The van der Waals surface area contributed by atoms with Crippen molar-refractivity contribution in [3.8, 4) is 0 Å². The first kappa shape index (κ1) is 22.9. The Morgan fingerprint density at radius 2 is 1.66 bits per heavy atom. The van der Waals surface area contributed by atoms with Gasteiger partial charge in [-0.25, -0.2) is 0 Å². The largest absolute Gasteiger partial charge is 0.416 e. The molecule has 0 atom stereocenters. The fourth-order valence-electron chi connectivity index (χ4n) is 4.66. The van der Waals surface area contributed by atoms with E-state index in [2.05, 4.69) is 10.3 Å². The van der Waals surface area contributed by atoms with Gasteiger partial charge in [-0.2, -0.15) is 13.2 Å². The third-order valence-corrected chi connectivity index (χ3v) is 6.27. The summed E-state index contributed by atoms with van der Waals surface area (Å²) in [4.78, 5) is 31.0. The number of para-hydroxylation sites is 1. The van der Waals surface area contributed by atoms with Gasteiger partial charge in [0, 0.05) is 51.9 Å². The third kappa shape index (κ3) is 4.01. The predicted molar refractivity (Wildman–Crippen MR) is 128 cm³/mol. The van der Waals surface area contributed by atoms with Crippen LogP contribution in [0.1, 0.15) is 23.1 Å². The summed E-state index contributed by atoms with van der Waals surface area (Å²) >= 11 is 0. The Hall–Kier alpha value is -3.85. The molecule has 180 valence electrons. The second-order valence-electron chi connectivity index (χ2n) is 8.90. The Kier molecular flexibility index (Phi) is 5.52. The number of aromatic nitrogens is 2. The molecular weight excluding hydrogens is 457 g/mol. The topological polar surface area (TPSA) is 70.1 Å². The summed E-state index contributed by atoms with van der Waals surface area (Å²) in [6, 6.07) is 10.9. The lowest BCUT2D eigenvalue weighted by molar-refractivity contribution is -0.137. The van der Waals surface area contributed by atoms with E-state index in [0.29, 0.717) is 35.0 Å². The molecule has 2 aromatic heterocycles. The summed E-state index contributed by atoms with van der Waals surface area (Å²) in [5, 5.41) is 3.64. The molecule has 1 aliphatic rings. The number of hydrogen-bond acceptors (Lipinski definition) is 3. The molecule has 3 heterocycles. The molecule has 0 saturated carbocycles. The summed E-state index contributed by atoms with van der Waals surface area (Å²) < 4.78 is 42.2.